The second-order valence-corrected chi connectivity index (χ2v) is 5.30. The summed E-state index contributed by atoms with van der Waals surface area (Å²) in [6.45, 7) is 2.21. The van der Waals surface area contributed by atoms with E-state index in [0.29, 0.717) is 18.0 Å². The van der Waals surface area contributed by atoms with Gasteiger partial charge in [-0.2, -0.15) is 0 Å². The van der Waals surface area contributed by atoms with Gasteiger partial charge < -0.3 is 10.1 Å². The Bertz CT molecular complexity index is 481. The Kier molecular flexibility index (Phi) is 5.87. The van der Waals surface area contributed by atoms with Crippen molar-refractivity contribution >= 4 is 11.7 Å². The second kappa shape index (κ2) is 7.88. The molecule has 21 heavy (non-hydrogen) atoms. The van der Waals surface area contributed by atoms with Crippen LogP contribution in [-0.2, 0) is 9.53 Å². The van der Waals surface area contributed by atoms with Crippen LogP contribution in [0.15, 0.2) is 24.3 Å². The Morgan fingerprint density at radius 1 is 1.24 bits per heavy atom. The summed E-state index contributed by atoms with van der Waals surface area (Å²) in [6.07, 6.45) is 2.28. The fraction of sp³-hybridized carbons (Fsp3) is 0.500. The lowest BCUT2D eigenvalue weighted by Crippen LogP contribution is -2.26. The molecule has 0 bridgehead atoms. The average Bonchev–Trinajstić information content (AvgIpc) is 2.99. The monoisotopic (exact) mass is 293 g/mol. The molecule has 114 valence electrons. The summed E-state index contributed by atoms with van der Waals surface area (Å²) in [5, 5.41) is 2.82. The number of hydrogen-bond acceptors (Lipinski definition) is 3. The Morgan fingerprint density at radius 2 is 2.00 bits per heavy atom. The van der Waals surface area contributed by atoms with Crippen molar-refractivity contribution in [3.05, 3.63) is 35.6 Å². The molecular weight excluding hydrogens is 273 g/mol. The van der Waals surface area contributed by atoms with Gasteiger partial charge in [-0.15, -0.1) is 0 Å². The molecule has 0 aromatic heterocycles. The molecule has 0 aliphatic carbocycles. The van der Waals surface area contributed by atoms with Crippen molar-refractivity contribution in [2.24, 2.45) is 5.92 Å². The molecule has 1 fully saturated rings. The van der Waals surface area contributed by atoms with Crippen molar-refractivity contribution in [3.63, 3.8) is 0 Å². The average molecular weight is 293 g/mol. The number of benzene rings is 1. The first-order valence-electron chi connectivity index (χ1n) is 7.28. The van der Waals surface area contributed by atoms with Gasteiger partial charge in [-0.1, -0.05) is 0 Å². The number of Topliss-reactive ketones (excluding diaryl/α,β-unsaturated/α-hetero) is 1. The van der Waals surface area contributed by atoms with Crippen LogP contribution in [0.3, 0.4) is 0 Å². The smallest absolute Gasteiger partial charge is 0.220 e. The first kappa shape index (κ1) is 15.6. The Morgan fingerprint density at radius 3 is 2.67 bits per heavy atom. The van der Waals surface area contributed by atoms with E-state index in [2.05, 4.69) is 5.32 Å². The van der Waals surface area contributed by atoms with Gasteiger partial charge in [0.1, 0.15) is 5.82 Å². The maximum Gasteiger partial charge on any atom is 0.220 e. The van der Waals surface area contributed by atoms with Crippen molar-refractivity contribution in [1.29, 1.82) is 0 Å². The third-order valence-corrected chi connectivity index (χ3v) is 3.64. The summed E-state index contributed by atoms with van der Waals surface area (Å²) >= 11 is 0. The molecule has 1 aliphatic rings. The predicted molar refractivity (Wildman–Crippen MR) is 76.5 cm³/mol. The molecule has 1 aromatic carbocycles. The van der Waals surface area contributed by atoms with Gasteiger partial charge >= 0.3 is 0 Å². The Hall–Kier alpha value is -1.75. The highest BCUT2D eigenvalue weighted by atomic mass is 19.1. The first-order chi connectivity index (χ1) is 10.1. The standard InChI is InChI=1S/C16H20FNO3/c17-14-3-1-13(2-4-14)15(19)5-6-16(20)18-9-7-12-8-10-21-11-12/h1-4,12H,5-11H2,(H,18,20)/t12-/m0/s1. The minimum atomic E-state index is -0.375. The minimum absolute atomic E-state index is 0.121. The summed E-state index contributed by atoms with van der Waals surface area (Å²) in [6, 6.07) is 5.37. The fourth-order valence-corrected chi connectivity index (χ4v) is 2.32. The maximum absolute atomic E-state index is 12.7. The van der Waals surface area contributed by atoms with E-state index in [0.717, 1.165) is 26.1 Å². The predicted octanol–water partition coefficient (Wildman–Crippen LogP) is 2.33. The molecule has 1 heterocycles. The molecule has 1 aliphatic heterocycles. The highest BCUT2D eigenvalue weighted by molar-refractivity contribution is 5.97. The quantitative estimate of drug-likeness (QED) is 0.785. The zero-order chi connectivity index (χ0) is 15.1. The molecule has 0 saturated carbocycles. The molecule has 1 saturated heterocycles. The number of ketones is 1. The van der Waals surface area contributed by atoms with Crippen LogP contribution in [-0.4, -0.2) is 31.4 Å². The van der Waals surface area contributed by atoms with E-state index in [-0.39, 0.29) is 30.3 Å². The number of carbonyl (C=O) groups is 2. The van der Waals surface area contributed by atoms with Crippen molar-refractivity contribution in [1.82, 2.24) is 5.32 Å². The highest BCUT2D eigenvalue weighted by Crippen LogP contribution is 2.15. The third-order valence-electron chi connectivity index (χ3n) is 3.64. The normalized spacial score (nSPS) is 17.7. The summed E-state index contributed by atoms with van der Waals surface area (Å²) in [7, 11) is 0. The molecular formula is C16H20FNO3. The highest BCUT2D eigenvalue weighted by Gasteiger charge is 2.15. The maximum atomic E-state index is 12.7. The largest absolute Gasteiger partial charge is 0.381 e. The van der Waals surface area contributed by atoms with Gasteiger partial charge in [0.25, 0.3) is 0 Å². The van der Waals surface area contributed by atoms with E-state index in [4.69, 9.17) is 4.74 Å². The number of ether oxygens (including phenoxy) is 1. The Balaban J connectivity index is 1.63. The van der Waals surface area contributed by atoms with Crippen LogP contribution >= 0.6 is 0 Å². The molecule has 0 unspecified atom stereocenters. The van der Waals surface area contributed by atoms with Crippen LogP contribution in [0.4, 0.5) is 4.39 Å². The molecule has 5 heteroatoms. The van der Waals surface area contributed by atoms with E-state index in [1.165, 1.54) is 24.3 Å². The van der Waals surface area contributed by atoms with Gasteiger partial charge in [0.2, 0.25) is 5.91 Å². The van der Waals surface area contributed by atoms with Gasteiger partial charge in [-0.25, -0.2) is 4.39 Å². The number of carbonyl (C=O) groups excluding carboxylic acids is 2. The zero-order valence-corrected chi connectivity index (χ0v) is 11.9. The first-order valence-corrected chi connectivity index (χ1v) is 7.28. The molecule has 1 N–H and O–H groups in total. The Labute approximate surface area is 123 Å². The third kappa shape index (κ3) is 5.27. The number of nitrogens with one attached hydrogen (secondary N) is 1. The molecule has 0 spiro atoms. The van der Waals surface area contributed by atoms with E-state index < -0.39 is 0 Å². The summed E-state index contributed by atoms with van der Waals surface area (Å²) < 4.78 is 18.0. The van der Waals surface area contributed by atoms with Crippen LogP contribution in [0, 0.1) is 11.7 Å². The number of rotatable bonds is 7. The van der Waals surface area contributed by atoms with E-state index >= 15 is 0 Å². The lowest BCUT2D eigenvalue weighted by Gasteiger charge is -2.08. The summed E-state index contributed by atoms with van der Waals surface area (Å²) in [5.41, 5.74) is 0.437. The topological polar surface area (TPSA) is 55.4 Å². The second-order valence-electron chi connectivity index (χ2n) is 5.30. The fourth-order valence-electron chi connectivity index (χ4n) is 2.32. The van der Waals surface area contributed by atoms with Crippen molar-refractivity contribution in [2.75, 3.05) is 19.8 Å². The summed E-state index contributed by atoms with van der Waals surface area (Å²) in [5.74, 6) is -0.106. The van der Waals surface area contributed by atoms with Crippen molar-refractivity contribution < 1.29 is 18.7 Å². The van der Waals surface area contributed by atoms with Crippen LogP contribution in [0.5, 0.6) is 0 Å². The minimum Gasteiger partial charge on any atom is -0.381 e. The summed E-state index contributed by atoms with van der Waals surface area (Å²) in [4.78, 5) is 23.5. The van der Waals surface area contributed by atoms with E-state index in [1.54, 1.807) is 0 Å². The lowest BCUT2D eigenvalue weighted by atomic mass is 10.0. The van der Waals surface area contributed by atoms with Crippen molar-refractivity contribution in [2.45, 2.75) is 25.7 Å². The number of halogens is 1. The van der Waals surface area contributed by atoms with Crippen LogP contribution in [0.1, 0.15) is 36.0 Å². The van der Waals surface area contributed by atoms with Crippen molar-refractivity contribution in [3.8, 4) is 0 Å². The molecule has 2 rings (SSSR count). The SMILES string of the molecule is O=C(CCC(=O)c1ccc(F)cc1)NCC[C@H]1CCOC1. The van der Waals surface area contributed by atoms with Gasteiger partial charge in [0, 0.05) is 38.2 Å². The van der Waals surface area contributed by atoms with Gasteiger partial charge in [-0.3, -0.25) is 9.59 Å². The lowest BCUT2D eigenvalue weighted by molar-refractivity contribution is -0.121. The van der Waals surface area contributed by atoms with Gasteiger partial charge in [0.05, 0.1) is 0 Å². The van der Waals surface area contributed by atoms with E-state index in [9.17, 15) is 14.0 Å². The van der Waals surface area contributed by atoms with Crippen LogP contribution in [0.2, 0.25) is 0 Å². The van der Waals surface area contributed by atoms with Gasteiger partial charge in [0.15, 0.2) is 5.78 Å². The van der Waals surface area contributed by atoms with Crippen LogP contribution in [0.25, 0.3) is 0 Å². The molecule has 1 aromatic rings. The zero-order valence-electron chi connectivity index (χ0n) is 11.9. The van der Waals surface area contributed by atoms with E-state index in [1.807, 2.05) is 0 Å². The number of amides is 1. The molecule has 1 atom stereocenters. The number of hydrogen-bond donors (Lipinski definition) is 1. The molecule has 0 radical (unpaired) electrons. The van der Waals surface area contributed by atoms with Gasteiger partial charge in [-0.05, 0) is 43.0 Å². The molecule has 4 nitrogen and oxygen atoms in total. The van der Waals surface area contributed by atoms with Crippen LogP contribution < -0.4 is 5.32 Å². The molecule has 1 amide bonds.